The Morgan fingerprint density at radius 1 is 1.50 bits per heavy atom. The highest BCUT2D eigenvalue weighted by molar-refractivity contribution is 14.0. The van der Waals surface area contributed by atoms with Gasteiger partial charge >= 0.3 is 0 Å². The lowest BCUT2D eigenvalue weighted by Crippen LogP contribution is -2.42. The Morgan fingerprint density at radius 2 is 2.32 bits per heavy atom. The molecule has 0 aliphatic carbocycles. The Morgan fingerprint density at radius 3 is 2.95 bits per heavy atom. The van der Waals surface area contributed by atoms with Crippen LogP contribution in [0.2, 0.25) is 0 Å². The molecule has 2 rings (SSSR count). The molecule has 0 radical (unpaired) electrons. The number of rotatable bonds is 6. The number of thioether (sulfide) groups is 1. The average Bonchev–Trinajstić information content (AvgIpc) is 3.11. The number of ether oxygens (including phenoxy) is 1. The Labute approximate surface area is 155 Å². The van der Waals surface area contributed by atoms with Gasteiger partial charge < -0.3 is 20.1 Å². The lowest BCUT2D eigenvalue weighted by molar-refractivity contribution is 0.0775. The molecule has 2 aliphatic heterocycles. The van der Waals surface area contributed by atoms with Gasteiger partial charge in [-0.05, 0) is 32.4 Å². The van der Waals surface area contributed by atoms with Crippen molar-refractivity contribution in [2.45, 2.75) is 32.3 Å². The van der Waals surface area contributed by atoms with Crippen LogP contribution in [0.5, 0.6) is 0 Å². The fraction of sp³-hybridized carbons (Fsp3) is 0.933. The van der Waals surface area contributed by atoms with E-state index in [0.29, 0.717) is 12.5 Å². The Hall–Kier alpha value is 0.270. The van der Waals surface area contributed by atoms with Gasteiger partial charge in [-0.2, -0.15) is 11.8 Å². The van der Waals surface area contributed by atoms with E-state index in [1.54, 1.807) is 0 Å². The molecule has 2 atom stereocenters. The standard InChI is InChI=1S/C15H29N3O2S.HI/c1-3-16-14(17-11-15(19)6-8-21-12-15)18-7-5-13(9-18)10-20-4-2;/h13,19H,3-12H2,1-2H3,(H,16,17);1H. The van der Waals surface area contributed by atoms with Gasteiger partial charge in [0.1, 0.15) is 0 Å². The van der Waals surface area contributed by atoms with Gasteiger partial charge in [0.2, 0.25) is 0 Å². The first-order valence-electron chi connectivity index (χ1n) is 8.08. The molecular formula is C15H30IN3O2S. The normalized spacial score (nSPS) is 28.8. The summed E-state index contributed by atoms with van der Waals surface area (Å²) in [6.45, 7) is 9.15. The third kappa shape index (κ3) is 6.05. The highest BCUT2D eigenvalue weighted by Gasteiger charge is 2.32. The summed E-state index contributed by atoms with van der Waals surface area (Å²) in [4.78, 5) is 7.00. The minimum Gasteiger partial charge on any atom is -0.387 e. The van der Waals surface area contributed by atoms with Crippen LogP contribution in [-0.4, -0.2) is 72.5 Å². The van der Waals surface area contributed by atoms with Crippen LogP contribution in [0.15, 0.2) is 4.99 Å². The van der Waals surface area contributed by atoms with Crippen LogP contribution in [0.4, 0.5) is 0 Å². The van der Waals surface area contributed by atoms with Gasteiger partial charge in [-0.1, -0.05) is 0 Å². The van der Waals surface area contributed by atoms with E-state index in [1.165, 1.54) is 0 Å². The molecule has 2 heterocycles. The summed E-state index contributed by atoms with van der Waals surface area (Å²) in [7, 11) is 0. The molecule has 0 amide bonds. The fourth-order valence-electron chi connectivity index (χ4n) is 2.81. The highest BCUT2D eigenvalue weighted by Crippen LogP contribution is 2.28. The number of nitrogens with one attached hydrogen (secondary N) is 1. The van der Waals surface area contributed by atoms with Gasteiger partial charge in [0.05, 0.1) is 18.8 Å². The van der Waals surface area contributed by atoms with Crippen LogP contribution in [0.3, 0.4) is 0 Å². The second-order valence-corrected chi connectivity index (χ2v) is 7.06. The van der Waals surface area contributed by atoms with Crippen LogP contribution in [0, 0.1) is 5.92 Å². The van der Waals surface area contributed by atoms with Crippen molar-refractivity contribution < 1.29 is 9.84 Å². The van der Waals surface area contributed by atoms with Crippen LogP contribution >= 0.6 is 35.7 Å². The second-order valence-electron chi connectivity index (χ2n) is 5.96. The molecule has 0 bridgehead atoms. The van der Waals surface area contributed by atoms with Crippen LogP contribution in [-0.2, 0) is 4.74 Å². The lowest BCUT2D eigenvalue weighted by Gasteiger charge is -2.24. The topological polar surface area (TPSA) is 57.1 Å². The van der Waals surface area contributed by atoms with Crippen molar-refractivity contribution in [1.82, 2.24) is 10.2 Å². The van der Waals surface area contributed by atoms with Gasteiger partial charge in [-0.25, -0.2) is 0 Å². The van der Waals surface area contributed by atoms with E-state index in [1.807, 2.05) is 18.7 Å². The summed E-state index contributed by atoms with van der Waals surface area (Å²) in [6.07, 6.45) is 2.01. The van der Waals surface area contributed by atoms with Crippen molar-refractivity contribution in [3.05, 3.63) is 0 Å². The van der Waals surface area contributed by atoms with E-state index in [2.05, 4.69) is 17.1 Å². The molecule has 0 aromatic rings. The molecule has 22 heavy (non-hydrogen) atoms. The lowest BCUT2D eigenvalue weighted by atomic mass is 10.1. The molecule has 2 aliphatic rings. The van der Waals surface area contributed by atoms with Crippen molar-refractivity contribution in [1.29, 1.82) is 0 Å². The number of likely N-dealkylation sites (tertiary alicyclic amines) is 1. The van der Waals surface area contributed by atoms with Crippen molar-refractivity contribution in [3.63, 3.8) is 0 Å². The van der Waals surface area contributed by atoms with Crippen molar-refractivity contribution >= 4 is 41.7 Å². The minimum absolute atomic E-state index is 0. The number of nitrogens with zero attached hydrogens (tertiary/aromatic N) is 2. The van der Waals surface area contributed by atoms with E-state index in [-0.39, 0.29) is 24.0 Å². The number of guanidine groups is 1. The minimum atomic E-state index is -0.601. The first-order chi connectivity index (χ1) is 10.2. The molecule has 2 fully saturated rings. The number of aliphatic imine (C=N–C) groups is 1. The van der Waals surface area contributed by atoms with Crippen molar-refractivity contribution in [2.24, 2.45) is 10.9 Å². The number of hydrogen-bond donors (Lipinski definition) is 2. The zero-order valence-corrected chi connectivity index (χ0v) is 16.9. The summed E-state index contributed by atoms with van der Waals surface area (Å²) >= 11 is 1.82. The molecule has 7 heteroatoms. The van der Waals surface area contributed by atoms with E-state index < -0.39 is 5.60 Å². The number of aliphatic hydroxyl groups is 1. The van der Waals surface area contributed by atoms with E-state index in [4.69, 9.17) is 9.73 Å². The summed E-state index contributed by atoms with van der Waals surface area (Å²) < 4.78 is 5.53. The van der Waals surface area contributed by atoms with E-state index in [9.17, 15) is 5.11 Å². The van der Waals surface area contributed by atoms with Gasteiger partial charge in [0.15, 0.2) is 5.96 Å². The van der Waals surface area contributed by atoms with E-state index >= 15 is 0 Å². The Balaban J connectivity index is 0.00000242. The zero-order valence-electron chi connectivity index (χ0n) is 13.7. The number of halogens is 1. The molecule has 5 nitrogen and oxygen atoms in total. The van der Waals surface area contributed by atoms with Gasteiger partial charge in [-0.15, -0.1) is 24.0 Å². The second kappa shape index (κ2) is 10.2. The van der Waals surface area contributed by atoms with Crippen LogP contribution < -0.4 is 5.32 Å². The van der Waals surface area contributed by atoms with Gasteiger partial charge in [0.25, 0.3) is 0 Å². The van der Waals surface area contributed by atoms with Crippen molar-refractivity contribution in [3.8, 4) is 0 Å². The molecule has 0 aromatic carbocycles. The molecular weight excluding hydrogens is 413 g/mol. The molecule has 2 unspecified atom stereocenters. The predicted octanol–water partition coefficient (Wildman–Crippen LogP) is 1.80. The fourth-order valence-corrected chi connectivity index (χ4v) is 4.10. The predicted molar refractivity (Wildman–Crippen MR) is 104 cm³/mol. The Kier molecular flexibility index (Phi) is 9.42. The number of hydrogen-bond acceptors (Lipinski definition) is 4. The summed E-state index contributed by atoms with van der Waals surface area (Å²) in [5.74, 6) is 3.40. The average molecular weight is 443 g/mol. The van der Waals surface area contributed by atoms with Gasteiger partial charge in [0, 0.05) is 37.9 Å². The smallest absolute Gasteiger partial charge is 0.194 e. The molecule has 2 N–H and O–H groups in total. The largest absolute Gasteiger partial charge is 0.387 e. The van der Waals surface area contributed by atoms with Crippen molar-refractivity contribution in [2.75, 3.05) is 50.9 Å². The monoisotopic (exact) mass is 443 g/mol. The maximum absolute atomic E-state index is 10.4. The summed E-state index contributed by atoms with van der Waals surface area (Å²) in [5.41, 5.74) is -0.601. The maximum atomic E-state index is 10.4. The molecule has 130 valence electrons. The van der Waals surface area contributed by atoms with Gasteiger partial charge in [-0.3, -0.25) is 4.99 Å². The third-order valence-corrected chi connectivity index (χ3v) is 5.32. The molecule has 0 saturated carbocycles. The SMILES string of the molecule is CCNC(=NCC1(O)CCSC1)N1CCC(COCC)C1.I. The first-order valence-corrected chi connectivity index (χ1v) is 9.23. The summed E-state index contributed by atoms with van der Waals surface area (Å²) in [5, 5.41) is 13.8. The molecule has 0 aromatic heterocycles. The molecule has 2 saturated heterocycles. The maximum Gasteiger partial charge on any atom is 0.194 e. The Bertz CT molecular complexity index is 352. The third-order valence-electron chi connectivity index (χ3n) is 4.08. The first kappa shape index (κ1) is 20.3. The summed E-state index contributed by atoms with van der Waals surface area (Å²) in [6, 6.07) is 0. The highest BCUT2D eigenvalue weighted by atomic mass is 127. The quantitative estimate of drug-likeness (QED) is 0.373. The van der Waals surface area contributed by atoms with Crippen LogP contribution in [0.25, 0.3) is 0 Å². The zero-order chi connectivity index (χ0) is 15.1. The molecule has 0 spiro atoms. The van der Waals surface area contributed by atoms with E-state index in [0.717, 1.165) is 63.2 Å². The van der Waals surface area contributed by atoms with Crippen LogP contribution in [0.1, 0.15) is 26.7 Å².